The van der Waals surface area contributed by atoms with E-state index in [9.17, 15) is 9.90 Å². The summed E-state index contributed by atoms with van der Waals surface area (Å²) >= 11 is 0. The highest BCUT2D eigenvalue weighted by atomic mass is 16.4. The number of hydrogen-bond donors (Lipinski definition) is 1. The topological polar surface area (TPSA) is 52.9 Å². The van der Waals surface area contributed by atoms with E-state index >= 15 is 0 Å². The van der Waals surface area contributed by atoms with Gasteiger partial charge in [0.05, 0.1) is 6.04 Å². The molecule has 0 spiro atoms. The van der Waals surface area contributed by atoms with Gasteiger partial charge in [-0.1, -0.05) is 30.3 Å². The largest absolute Gasteiger partial charge is 0.480 e. The SMILES string of the molecule is CC1N=C2C=C(c3ccccc3)C=CN2C1C(=O)O. The van der Waals surface area contributed by atoms with Gasteiger partial charge in [-0.2, -0.15) is 0 Å². The monoisotopic (exact) mass is 254 g/mol. The van der Waals surface area contributed by atoms with Crippen LogP contribution in [0.3, 0.4) is 0 Å². The van der Waals surface area contributed by atoms with Gasteiger partial charge in [0, 0.05) is 6.20 Å². The number of nitrogens with zero attached hydrogens (tertiary/aromatic N) is 2. The lowest BCUT2D eigenvalue weighted by atomic mass is 10.0. The van der Waals surface area contributed by atoms with Gasteiger partial charge in [-0.25, -0.2) is 4.79 Å². The molecule has 19 heavy (non-hydrogen) atoms. The second kappa shape index (κ2) is 4.39. The molecule has 4 heteroatoms. The number of aliphatic imine (C=N–C) groups is 1. The number of hydrogen-bond acceptors (Lipinski definition) is 3. The first-order valence-corrected chi connectivity index (χ1v) is 6.21. The summed E-state index contributed by atoms with van der Waals surface area (Å²) in [6, 6.07) is 9.16. The molecule has 1 N–H and O–H groups in total. The molecule has 0 fully saturated rings. The Labute approximate surface area is 111 Å². The molecule has 2 aliphatic rings. The average Bonchev–Trinajstić information content (AvgIpc) is 2.74. The van der Waals surface area contributed by atoms with Crippen LogP contribution < -0.4 is 0 Å². The number of fused-ring (bicyclic) bond motifs is 1. The molecule has 0 aliphatic carbocycles. The van der Waals surface area contributed by atoms with Crippen molar-refractivity contribution in [3.05, 3.63) is 54.2 Å². The van der Waals surface area contributed by atoms with Gasteiger partial charge >= 0.3 is 5.97 Å². The summed E-state index contributed by atoms with van der Waals surface area (Å²) in [6.07, 6.45) is 5.68. The minimum absolute atomic E-state index is 0.233. The second-order valence-corrected chi connectivity index (χ2v) is 4.70. The molecule has 1 aromatic rings. The van der Waals surface area contributed by atoms with Crippen LogP contribution in [-0.4, -0.2) is 33.9 Å². The highest BCUT2D eigenvalue weighted by molar-refractivity contribution is 6.06. The Morgan fingerprint density at radius 1 is 1.32 bits per heavy atom. The molecule has 4 nitrogen and oxygen atoms in total. The van der Waals surface area contributed by atoms with E-state index < -0.39 is 12.0 Å². The Bertz CT molecular complexity index is 602. The number of carboxylic acid groups (broad SMARTS) is 1. The zero-order valence-corrected chi connectivity index (χ0v) is 10.5. The van der Waals surface area contributed by atoms with E-state index in [2.05, 4.69) is 4.99 Å². The summed E-state index contributed by atoms with van der Waals surface area (Å²) in [6.45, 7) is 1.83. The van der Waals surface area contributed by atoms with Crippen molar-refractivity contribution in [3.8, 4) is 0 Å². The van der Waals surface area contributed by atoms with Crippen molar-refractivity contribution >= 4 is 17.4 Å². The average molecular weight is 254 g/mol. The molecule has 2 heterocycles. The third-order valence-electron chi connectivity index (χ3n) is 3.42. The second-order valence-electron chi connectivity index (χ2n) is 4.70. The smallest absolute Gasteiger partial charge is 0.328 e. The van der Waals surface area contributed by atoms with Crippen LogP contribution in [0.15, 0.2) is 53.7 Å². The summed E-state index contributed by atoms with van der Waals surface area (Å²) in [5, 5.41) is 9.24. The van der Waals surface area contributed by atoms with Gasteiger partial charge in [-0.15, -0.1) is 0 Å². The van der Waals surface area contributed by atoms with E-state index in [1.54, 1.807) is 4.90 Å². The van der Waals surface area contributed by atoms with Crippen LogP contribution >= 0.6 is 0 Å². The Balaban J connectivity index is 1.95. The highest BCUT2D eigenvalue weighted by Gasteiger charge is 2.37. The van der Waals surface area contributed by atoms with E-state index in [1.165, 1.54) is 0 Å². The van der Waals surface area contributed by atoms with Crippen molar-refractivity contribution in [2.45, 2.75) is 19.0 Å². The summed E-state index contributed by atoms with van der Waals surface area (Å²) in [4.78, 5) is 17.4. The van der Waals surface area contributed by atoms with Crippen molar-refractivity contribution in [2.24, 2.45) is 4.99 Å². The van der Waals surface area contributed by atoms with Gasteiger partial charge in [-0.3, -0.25) is 4.99 Å². The van der Waals surface area contributed by atoms with Crippen LogP contribution in [0.2, 0.25) is 0 Å². The fourth-order valence-electron chi connectivity index (χ4n) is 2.49. The number of rotatable bonds is 2. The van der Waals surface area contributed by atoms with Gasteiger partial charge in [0.25, 0.3) is 0 Å². The van der Waals surface area contributed by atoms with Crippen molar-refractivity contribution in [3.63, 3.8) is 0 Å². The third-order valence-corrected chi connectivity index (χ3v) is 3.42. The fourth-order valence-corrected chi connectivity index (χ4v) is 2.49. The van der Waals surface area contributed by atoms with Crippen molar-refractivity contribution in [1.82, 2.24) is 4.90 Å². The van der Waals surface area contributed by atoms with Gasteiger partial charge in [0.2, 0.25) is 0 Å². The van der Waals surface area contributed by atoms with E-state index in [0.29, 0.717) is 0 Å². The summed E-state index contributed by atoms with van der Waals surface area (Å²) in [5.41, 5.74) is 2.15. The normalized spacial score (nSPS) is 24.8. The van der Waals surface area contributed by atoms with Gasteiger partial charge in [0.1, 0.15) is 5.84 Å². The number of carboxylic acids is 1. The zero-order chi connectivity index (χ0) is 13.4. The molecule has 3 rings (SSSR count). The van der Waals surface area contributed by atoms with Gasteiger partial charge in [-0.05, 0) is 30.2 Å². The van der Waals surface area contributed by atoms with Crippen LogP contribution in [0.4, 0.5) is 0 Å². The molecular weight excluding hydrogens is 240 g/mol. The first-order chi connectivity index (χ1) is 9.16. The van der Waals surface area contributed by atoms with E-state index in [-0.39, 0.29) is 6.04 Å². The lowest BCUT2D eigenvalue weighted by Crippen LogP contribution is -2.41. The molecule has 0 saturated heterocycles. The number of allylic oxidation sites excluding steroid dienone is 2. The molecule has 0 saturated carbocycles. The number of aliphatic carboxylic acids is 1. The molecule has 0 bridgehead atoms. The highest BCUT2D eigenvalue weighted by Crippen LogP contribution is 2.27. The van der Waals surface area contributed by atoms with Crippen molar-refractivity contribution in [2.75, 3.05) is 0 Å². The minimum atomic E-state index is -0.840. The molecule has 2 atom stereocenters. The molecule has 1 aromatic carbocycles. The molecule has 0 radical (unpaired) electrons. The Morgan fingerprint density at radius 2 is 2.05 bits per heavy atom. The standard InChI is InChI=1S/C15H14N2O2/c1-10-14(15(18)19)17-8-7-12(9-13(17)16-10)11-5-3-2-4-6-11/h2-10,14H,1H3,(H,18,19). The van der Waals surface area contributed by atoms with Crippen LogP contribution in [0.1, 0.15) is 12.5 Å². The van der Waals surface area contributed by atoms with Crippen LogP contribution in [0, 0.1) is 0 Å². The first kappa shape index (κ1) is 11.7. The fraction of sp³-hybridized carbons (Fsp3) is 0.200. The molecule has 2 aliphatic heterocycles. The van der Waals surface area contributed by atoms with Crippen LogP contribution in [-0.2, 0) is 4.79 Å². The van der Waals surface area contributed by atoms with Crippen LogP contribution in [0.5, 0.6) is 0 Å². The maximum Gasteiger partial charge on any atom is 0.328 e. The molecule has 0 amide bonds. The Kier molecular flexibility index (Phi) is 2.71. The number of amidine groups is 1. The zero-order valence-electron chi connectivity index (χ0n) is 10.5. The first-order valence-electron chi connectivity index (χ1n) is 6.21. The summed E-state index contributed by atoms with van der Waals surface area (Å²) in [5.74, 6) is -0.117. The maximum absolute atomic E-state index is 11.2. The van der Waals surface area contributed by atoms with E-state index in [4.69, 9.17) is 0 Å². The predicted molar refractivity (Wildman–Crippen MR) is 73.7 cm³/mol. The maximum atomic E-state index is 11.2. The Hall–Kier alpha value is -2.36. The molecular formula is C15H14N2O2. The van der Waals surface area contributed by atoms with E-state index in [1.807, 2.05) is 55.6 Å². The third kappa shape index (κ3) is 1.95. The minimum Gasteiger partial charge on any atom is -0.480 e. The van der Waals surface area contributed by atoms with E-state index in [0.717, 1.165) is 17.0 Å². The van der Waals surface area contributed by atoms with Gasteiger partial charge in [0.15, 0.2) is 6.04 Å². The lowest BCUT2D eigenvalue weighted by molar-refractivity contribution is -0.141. The Morgan fingerprint density at radius 3 is 2.74 bits per heavy atom. The number of carbonyl (C=O) groups is 1. The van der Waals surface area contributed by atoms with Crippen molar-refractivity contribution in [1.29, 1.82) is 0 Å². The quantitative estimate of drug-likeness (QED) is 0.879. The molecule has 2 unspecified atom stereocenters. The van der Waals surface area contributed by atoms with Crippen molar-refractivity contribution < 1.29 is 9.90 Å². The lowest BCUT2D eigenvalue weighted by Gasteiger charge is -2.24. The predicted octanol–water partition coefficient (Wildman–Crippen LogP) is 2.15. The van der Waals surface area contributed by atoms with Gasteiger partial charge < -0.3 is 10.0 Å². The molecule has 0 aromatic heterocycles. The van der Waals surface area contributed by atoms with Crippen LogP contribution in [0.25, 0.3) is 5.57 Å². The molecule has 96 valence electrons. The summed E-state index contributed by atoms with van der Waals surface area (Å²) in [7, 11) is 0. The summed E-state index contributed by atoms with van der Waals surface area (Å²) < 4.78 is 0. The number of benzene rings is 1.